The first kappa shape index (κ1) is 20.6. The van der Waals surface area contributed by atoms with E-state index in [1.54, 1.807) is 24.1 Å². The zero-order chi connectivity index (χ0) is 20.8. The summed E-state index contributed by atoms with van der Waals surface area (Å²) in [7, 11) is 1.68. The maximum Gasteiger partial charge on any atom is 0.293 e. The molecule has 0 radical (unpaired) electrons. The van der Waals surface area contributed by atoms with Crippen LogP contribution in [0.15, 0.2) is 42.5 Å². The number of carbonyl (C=O) groups is 1. The lowest BCUT2D eigenvalue weighted by atomic mass is 10.1. The fraction of sp³-hybridized carbons (Fsp3) is 0.381. The Morgan fingerprint density at radius 2 is 1.90 bits per heavy atom. The number of nitro benzene ring substituents is 1. The van der Waals surface area contributed by atoms with E-state index in [0.717, 1.165) is 11.3 Å². The van der Waals surface area contributed by atoms with Gasteiger partial charge in [0.2, 0.25) is 0 Å². The van der Waals surface area contributed by atoms with Crippen molar-refractivity contribution in [1.82, 2.24) is 4.90 Å². The Bertz CT molecular complexity index is 863. The van der Waals surface area contributed by atoms with Gasteiger partial charge in [0.05, 0.1) is 24.7 Å². The maximum atomic E-state index is 12.8. The molecule has 1 aliphatic rings. The molecular weight excluding hydrogens is 374 g/mol. The standard InChI is InChI=1S/C21H25N3O5/c1-3-29-18-7-4-16(5-8-18)15-22(2)21(25)17-6-9-19(20(14-17)24(26)27)23-10-12-28-13-11-23/h4-9,14H,3,10-13,15H2,1-2H3. The van der Waals surface area contributed by atoms with Gasteiger partial charge in [-0.15, -0.1) is 0 Å². The predicted molar refractivity (Wildman–Crippen MR) is 110 cm³/mol. The third-order valence-electron chi connectivity index (χ3n) is 4.77. The first-order valence-corrected chi connectivity index (χ1v) is 9.58. The van der Waals surface area contributed by atoms with E-state index < -0.39 is 4.92 Å². The smallest absolute Gasteiger partial charge is 0.293 e. The van der Waals surface area contributed by atoms with E-state index in [9.17, 15) is 14.9 Å². The molecule has 8 nitrogen and oxygen atoms in total. The average Bonchev–Trinajstić information content (AvgIpc) is 2.75. The summed E-state index contributed by atoms with van der Waals surface area (Å²) in [6, 6.07) is 12.2. The van der Waals surface area contributed by atoms with Crippen LogP contribution in [0.3, 0.4) is 0 Å². The van der Waals surface area contributed by atoms with Crippen LogP contribution in [-0.4, -0.2) is 55.7 Å². The van der Waals surface area contributed by atoms with Crippen LogP contribution in [0.2, 0.25) is 0 Å². The second kappa shape index (κ2) is 9.38. The molecule has 0 aliphatic carbocycles. The Morgan fingerprint density at radius 3 is 2.52 bits per heavy atom. The minimum atomic E-state index is -0.436. The van der Waals surface area contributed by atoms with Crippen LogP contribution < -0.4 is 9.64 Å². The molecular formula is C21H25N3O5. The van der Waals surface area contributed by atoms with Gasteiger partial charge in [0.1, 0.15) is 11.4 Å². The van der Waals surface area contributed by atoms with E-state index in [4.69, 9.17) is 9.47 Å². The van der Waals surface area contributed by atoms with Gasteiger partial charge in [0, 0.05) is 38.3 Å². The number of hydrogen-bond acceptors (Lipinski definition) is 6. The number of amides is 1. The number of morpholine rings is 1. The molecule has 8 heteroatoms. The van der Waals surface area contributed by atoms with Crippen molar-refractivity contribution in [2.45, 2.75) is 13.5 Å². The van der Waals surface area contributed by atoms with Crippen LogP contribution in [0.1, 0.15) is 22.8 Å². The van der Waals surface area contributed by atoms with Crippen LogP contribution in [0.5, 0.6) is 5.75 Å². The molecule has 29 heavy (non-hydrogen) atoms. The van der Waals surface area contributed by atoms with Gasteiger partial charge in [0.15, 0.2) is 0 Å². The molecule has 2 aromatic rings. The van der Waals surface area contributed by atoms with Gasteiger partial charge < -0.3 is 19.3 Å². The second-order valence-electron chi connectivity index (χ2n) is 6.80. The topological polar surface area (TPSA) is 85.2 Å². The lowest BCUT2D eigenvalue weighted by Gasteiger charge is -2.28. The number of ether oxygens (including phenoxy) is 2. The average molecular weight is 399 g/mol. The predicted octanol–water partition coefficient (Wildman–Crippen LogP) is 3.10. The lowest BCUT2D eigenvalue weighted by molar-refractivity contribution is -0.384. The van der Waals surface area contributed by atoms with Crippen LogP contribution in [0, 0.1) is 10.1 Å². The van der Waals surface area contributed by atoms with Crippen LogP contribution in [0.25, 0.3) is 0 Å². The Hall–Kier alpha value is -3.13. The SMILES string of the molecule is CCOc1ccc(CN(C)C(=O)c2ccc(N3CCOCC3)c([N+](=O)[O-])c2)cc1. The van der Waals surface area contributed by atoms with Crippen LogP contribution in [0.4, 0.5) is 11.4 Å². The van der Waals surface area contributed by atoms with Crippen molar-refractivity contribution < 1.29 is 19.2 Å². The number of carbonyl (C=O) groups excluding carboxylic acids is 1. The zero-order valence-electron chi connectivity index (χ0n) is 16.7. The van der Waals surface area contributed by atoms with Gasteiger partial charge in [-0.05, 0) is 36.8 Å². The number of nitro groups is 1. The van der Waals surface area contributed by atoms with Crippen molar-refractivity contribution in [3.8, 4) is 5.75 Å². The lowest BCUT2D eigenvalue weighted by Crippen LogP contribution is -2.36. The molecule has 1 saturated heterocycles. The van der Waals surface area contributed by atoms with Crippen molar-refractivity contribution in [1.29, 1.82) is 0 Å². The van der Waals surface area contributed by atoms with E-state index in [1.165, 1.54) is 6.07 Å². The molecule has 0 spiro atoms. The summed E-state index contributed by atoms with van der Waals surface area (Å²) in [5.41, 5.74) is 1.70. The van der Waals surface area contributed by atoms with Crippen molar-refractivity contribution in [2.24, 2.45) is 0 Å². The van der Waals surface area contributed by atoms with Gasteiger partial charge in [-0.2, -0.15) is 0 Å². The van der Waals surface area contributed by atoms with Crippen molar-refractivity contribution in [3.05, 3.63) is 63.7 Å². The molecule has 1 aliphatic heterocycles. The molecule has 1 heterocycles. The van der Waals surface area contributed by atoms with Crippen LogP contribution >= 0.6 is 0 Å². The summed E-state index contributed by atoms with van der Waals surface area (Å²) < 4.78 is 10.7. The fourth-order valence-electron chi connectivity index (χ4n) is 3.30. The summed E-state index contributed by atoms with van der Waals surface area (Å²) in [5, 5.41) is 11.6. The van der Waals surface area contributed by atoms with E-state index in [0.29, 0.717) is 50.7 Å². The quantitative estimate of drug-likeness (QED) is 0.525. The van der Waals surface area contributed by atoms with Crippen molar-refractivity contribution >= 4 is 17.3 Å². The zero-order valence-corrected chi connectivity index (χ0v) is 16.7. The van der Waals surface area contributed by atoms with E-state index in [-0.39, 0.29) is 11.6 Å². The normalized spacial score (nSPS) is 13.8. The highest BCUT2D eigenvalue weighted by molar-refractivity contribution is 5.95. The molecule has 0 unspecified atom stereocenters. The Balaban J connectivity index is 1.75. The third kappa shape index (κ3) is 5.03. The first-order valence-electron chi connectivity index (χ1n) is 9.58. The summed E-state index contributed by atoms with van der Waals surface area (Å²) in [5.74, 6) is 0.509. The monoisotopic (exact) mass is 399 g/mol. The molecule has 0 bridgehead atoms. The van der Waals surface area contributed by atoms with Gasteiger partial charge >= 0.3 is 0 Å². The third-order valence-corrected chi connectivity index (χ3v) is 4.77. The molecule has 0 atom stereocenters. The van der Waals surface area contributed by atoms with Gasteiger partial charge in [-0.25, -0.2) is 0 Å². The van der Waals surface area contributed by atoms with Gasteiger partial charge in [-0.3, -0.25) is 14.9 Å². The molecule has 2 aromatic carbocycles. The van der Waals surface area contributed by atoms with E-state index in [1.807, 2.05) is 36.1 Å². The first-order chi connectivity index (χ1) is 14.0. The molecule has 3 rings (SSSR count). The molecule has 0 aromatic heterocycles. The highest BCUT2D eigenvalue weighted by Gasteiger charge is 2.24. The molecule has 0 saturated carbocycles. The Kier molecular flexibility index (Phi) is 6.66. The summed E-state index contributed by atoms with van der Waals surface area (Å²) in [6.45, 7) is 5.15. The molecule has 1 fully saturated rings. The van der Waals surface area contributed by atoms with Gasteiger partial charge in [-0.1, -0.05) is 12.1 Å². The molecule has 154 valence electrons. The van der Waals surface area contributed by atoms with Gasteiger partial charge in [0.25, 0.3) is 11.6 Å². The minimum absolute atomic E-state index is 0.0628. The second-order valence-corrected chi connectivity index (χ2v) is 6.80. The van der Waals surface area contributed by atoms with Crippen molar-refractivity contribution in [2.75, 3.05) is 44.9 Å². The number of benzene rings is 2. The minimum Gasteiger partial charge on any atom is -0.494 e. The summed E-state index contributed by atoms with van der Waals surface area (Å²) in [4.78, 5) is 27.4. The highest BCUT2D eigenvalue weighted by Crippen LogP contribution is 2.30. The largest absolute Gasteiger partial charge is 0.494 e. The van der Waals surface area contributed by atoms with Crippen LogP contribution in [-0.2, 0) is 11.3 Å². The Morgan fingerprint density at radius 1 is 1.21 bits per heavy atom. The summed E-state index contributed by atoms with van der Waals surface area (Å²) >= 11 is 0. The van der Waals surface area contributed by atoms with E-state index in [2.05, 4.69) is 0 Å². The Labute approximate surface area is 169 Å². The number of nitrogens with zero attached hydrogens (tertiary/aromatic N) is 3. The summed E-state index contributed by atoms with van der Waals surface area (Å²) in [6.07, 6.45) is 0. The number of hydrogen-bond donors (Lipinski definition) is 0. The highest BCUT2D eigenvalue weighted by atomic mass is 16.6. The van der Waals surface area contributed by atoms with Crippen molar-refractivity contribution in [3.63, 3.8) is 0 Å². The molecule has 1 amide bonds. The fourth-order valence-corrected chi connectivity index (χ4v) is 3.30. The maximum absolute atomic E-state index is 12.8. The molecule has 0 N–H and O–H groups in total. The number of anilines is 1. The van der Waals surface area contributed by atoms with E-state index >= 15 is 0 Å². The number of rotatable bonds is 7.